The molecule has 1 aromatic carbocycles. The van der Waals surface area contributed by atoms with Crippen LogP contribution in [0.3, 0.4) is 0 Å². The van der Waals surface area contributed by atoms with Crippen LogP contribution in [-0.4, -0.2) is 58.5 Å². The van der Waals surface area contributed by atoms with Gasteiger partial charge in [0.2, 0.25) is 5.91 Å². The third-order valence-electron chi connectivity index (χ3n) is 5.14. The number of hydrogen-bond donors (Lipinski definition) is 2. The summed E-state index contributed by atoms with van der Waals surface area (Å²) in [7, 11) is 0. The van der Waals surface area contributed by atoms with Crippen LogP contribution in [0, 0.1) is 0 Å². The van der Waals surface area contributed by atoms with Crippen LogP contribution in [-0.2, 0) is 11.2 Å². The first kappa shape index (κ1) is 15.8. The SMILES string of the molecule is O=C([C@@H]1NCCc2[nH]cnc21)N1CCN(c2nc3ccccc3s2)CC1. The highest BCUT2D eigenvalue weighted by atomic mass is 32.1. The van der Waals surface area contributed by atoms with Crippen molar-refractivity contribution in [3.8, 4) is 0 Å². The molecular weight excluding hydrogens is 348 g/mol. The molecule has 0 spiro atoms. The number of para-hydroxylation sites is 1. The molecule has 3 aromatic rings. The number of piperazine rings is 1. The summed E-state index contributed by atoms with van der Waals surface area (Å²) < 4.78 is 1.21. The fourth-order valence-electron chi connectivity index (χ4n) is 3.72. The molecule has 1 saturated heterocycles. The summed E-state index contributed by atoms with van der Waals surface area (Å²) in [6.45, 7) is 3.86. The van der Waals surface area contributed by atoms with Crippen molar-refractivity contribution in [1.29, 1.82) is 0 Å². The standard InChI is InChI=1S/C18H20N6OS/c25-17(16-15-13(5-6-19-16)20-11-21-15)23-7-9-24(10-8-23)18-22-12-3-1-2-4-14(12)26-18/h1-4,11,16,19H,5-10H2,(H,20,21)/t16-/m1/s1. The van der Waals surface area contributed by atoms with Crippen LogP contribution in [0.1, 0.15) is 17.4 Å². The van der Waals surface area contributed by atoms with Crippen molar-refractivity contribution in [2.75, 3.05) is 37.6 Å². The van der Waals surface area contributed by atoms with E-state index in [-0.39, 0.29) is 11.9 Å². The molecule has 26 heavy (non-hydrogen) atoms. The van der Waals surface area contributed by atoms with Crippen LogP contribution in [0.25, 0.3) is 10.2 Å². The van der Waals surface area contributed by atoms with Gasteiger partial charge in [0.05, 0.1) is 22.2 Å². The van der Waals surface area contributed by atoms with Gasteiger partial charge in [-0.1, -0.05) is 23.5 Å². The highest BCUT2D eigenvalue weighted by Crippen LogP contribution is 2.29. The minimum atomic E-state index is -0.320. The highest BCUT2D eigenvalue weighted by molar-refractivity contribution is 7.22. The Balaban J connectivity index is 1.28. The number of amides is 1. The highest BCUT2D eigenvalue weighted by Gasteiger charge is 2.33. The van der Waals surface area contributed by atoms with Crippen molar-refractivity contribution >= 4 is 32.6 Å². The van der Waals surface area contributed by atoms with Gasteiger partial charge in [-0.3, -0.25) is 4.79 Å². The zero-order chi connectivity index (χ0) is 17.5. The lowest BCUT2D eigenvalue weighted by Gasteiger charge is -2.36. The maximum absolute atomic E-state index is 13.0. The molecule has 8 heteroatoms. The molecule has 5 rings (SSSR count). The molecule has 2 aliphatic heterocycles. The molecule has 1 atom stereocenters. The van der Waals surface area contributed by atoms with Gasteiger partial charge in [-0.25, -0.2) is 9.97 Å². The Bertz CT molecular complexity index is 909. The molecule has 0 aliphatic carbocycles. The molecule has 1 fully saturated rings. The largest absolute Gasteiger partial charge is 0.348 e. The van der Waals surface area contributed by atoms with Gasteiger partial charge in [-0.2, -0.15) is 0 Å². The van der Waals surface area contributed by atoms with E-state index in [1.54, 1.807) is 17.7 Å². The molecule has 0 unspecified atom stereocenters. The van der Waals surface area contributed by atoms with Gasteiger partial charge in [0.1, 0.15) is 6.04 Å². The second-order valence-corrected chi connectivity index (χ2v) is 7.69. The first-order valence-electron chi connectivity index (χ1n) is 8.94. The lowest BCUT2D eigenvalue weighted by Crippen LogP contribution is -2.52. The van der Waals surface area contributed by atoms with E-state index in [1.807, 2.05) is 23.1 Å². The van der Waals surface area contributed by atoms with Crippen molar-refractivity contribution in [3.63, 3.8) is 0 Å². The number of hydrogen-bond acceptors (Lipinski definition) is 6. The summed E-state index contributed by atoms with van der Waals surface area (Å²) in [6, 6.07) is 7.89. The van der Waals surface area contributed by atoms with Gasteiger partial charge < -0.3 is 20.1 Å². The molecule has 2 aliphatic rings. The molecule has 4 heterocycles. The Morgan fingerprint density at radius 1 is 1.19 bits per heavy atom. The number of carbonyl (C=O) groups excluding carboxylic acids is 1. The number of imidazole rings is 1. The summed E-state index contributed by atoms with van der Waals surface area (Å²) >= 11 is 1.72. The smallest absolute Gasteiger partial charge is 0.246 e. The van der Waals surface area contributed by atoms with Crippen molar-refractivity contribution < 1.29 is 4.79 Å². The average molecular weight is 368 g/mol. The van der Waals surface area contributed by atoms with E-state index in [2.05, 4.69) is 26.3 Å². The lowest BCUT2D eigenvalue weighted by molar-refractivity contribution is -0.134. The summed E-state index contributed by atoms with van der Waals surface area (Å²) in [5.74, 6) is 0.127. The second kappa shape index (κ2) is 6.37. The Morgan fingerprint density at radius 3 is 2.88 bits per heavy atom. The van der Waals surface area contributed by atoms with Gasteiger partial charge in [-0.05, 0) is 12.1 Å². The van der Waals surface area contributed by atoms with E-state index in [9.17, 15) is 4.79 Å². The first-order valence-corrected chi connectivity index (χ1v) is 9.76. The van der Waals surface area contributed by atoms with Gasteiger partial charge >= 0.3 is 0 Å². The average Bonchev–Trinajstić information content (AvgIpc) is 3.34. The summed E-state index contributed by atoms with van der Waals surface area (Å²) in [5, 5.41) is 4.37. The maximum atomic E-state index is 13.0. The number of carbonyl (C=O) groups is 1. The van der Waals surface area contributed by atoms with Crippen LogP contribution in [0.15, 0.2) is 30.6 Å². The summed E-state index contributed by atoms with van der Waals surface area (Å²) in [5.41, 5.74) is 2.98. The van der Waals surface area contributed by atoms with Crippen molar-refractivity contribution in [2.45, 2.75) is 12.5 Å². The van der Waals surface area contributed by atoms with Crippen LogP contribution in [0.5, 0.6) is 0 Å². The molecule has 2 N–H and O–H groups in total. The molecule has 0 saturated carbocycles. The number of aromatic amines is 1. The predicted octanol–water partition coefficient (Wildman–Crippen LogP) is 1.55. The van der Waals surface area contributed by atoms with Gasteiger partial charge in [0, 0.05) is 44.8 Å². The van der Waals surface area contributed by atoms with Crippen molar-refractivity contribution in [1.82, 2.24) is 25.2 Å². The third kappa shape index (κ3) is 2.65. The van der Waals surface area contributed by atoms with Crippen molar-refractivity contribution in [3.05, 3.63) is 42.0 Å². The number of benzene rings is 1. The fraction of sp³-hybridized carbons (Fsp3) is 0.389. The first-order chi connectivity index (χ1) is 12.8. The summed E-state index contributed by atoms with van der Waals surface area (Å²) in [6.07, 6.45) is 2.58. The minimum Gasteiger partial charge on any atom is -0.348 e. The van der Waals surface area contributed by atoms with E-state index in [4.69, 9.17) is 4.98 Å². The number of nitrogens with one attached hydrogen (secondary N) is 2. The number of aromatic nitrogens is 3. The normalized spacial score (nSPS) is 20.4. The third-order valence-corrected chi connectivity index (χ3v) is 6.24. The van der Waals surface area contributed by atoms with E-state index < -0.39 is 0 Å². The topological polar surface area (TPSA) is 77.2 Å². The molecule has 134 valence electrons. The number of anilines is 1. The maximum Gasteiger partial charge on any atom is 0.246 e. The Labute approximate surface area is 155 Å². The van der Waals surface area contributed by atoms with E-state index in [0.29, 0.717) is 13.1 Å². The van der Waals surface area contributed by atoms with Crippen LogP contribution in [0.2, 0.25) is 0 Å². The van der Waals surface area contributed by atoms with E-state index >= 15 is 0 Å². The number of H-pyrrole nitrogens is 1. The van der Waals surface area contributed by atoms with Crippen LogP contribution in [0.4, 0.5) is 5.13 Å². The monoisotopic (exact) mass is 368 g/mol. The van der Waals surface area contributed by atoms with Gasteiger partial charge in [-0.15, -0.1) is 0 Å². The summed E-state index contributed by atoms with van der Waals surface area (Å²) in [4.78, 5) is 29.4. The number of rotatable bonds is 2. The molecular formula is C18H20N6OS. The quantitative estimate of drug-likeness (QED) is 0.718. The lowest BCUT2D eigenvalue weighted by atomic mass is 10.0. The molecule has 7 nitrogen and oxygen atoms in total. The van der Waals surface area contributed by atoms with Crippen LogP contribution < -0.4 is 10.2 Å². The molecule has 0 radical (unpaired) electrons. The fourth-order valence-corrected chi connectivity index (χ4v) is 4.74. The second-order valence-electron chi connectivity index (χ2n) is 6.68. The number of thiazole rings is 1. The Kier molecular flexibility index (Phi) is 3.86. The van der Waals surface area contributed by atoms with Gasteiger partial charge in [0.15, 0.2) is 5.13 Å². The number of fused-ring (bicyclic) bond motifs is 2. The zero-order valence-corrected chi connectivity index (χ0v) is 15.1. The number of nitrogens with zero attached hydrogens (tertiary/aromatic N) is 4. The Morgan fingerprint density at radius 2 is 2.04 bits per heavy atom. The molecule has 0 bridgehead atoms. The van der Waals surface area contributed by atoms with E-state index in [0.717, 1.165) is 48.1 Å². The molecule has 2 aromatic heterocycles. The van der Waals surface area contributed by atoms with E-state index in [1.165, 1.54) is 4.70 Å². The van der Waals surface area contributed by atoms with Crippen molar-refractivity contribution in [2.24, 2.45) is 0 Å². The van der Waals surface area contributed by atoms with Crippen LogP contribution >= 0.6 is 11.3 Å². The predicted molar refractivity (Wildman–Crippen MR) is 101 cm³/mol. The zero-order valence-electron chi connectivity index (χ0n) is 14.3. The Hall–Kier alpha value is -2.45. The van der Waals surface area contributed by atoms with Gasteiger partial charge in [0.25, 0.3) is 0 Å². The minimum absolute atomic E-state index is 0.127. The molecule has 1 amide bonds.